The van der Waals surface area contributed by atoms with Crippen molar-refractivity contribution in [3.05, 3.63) is 66.2 Å². The molecule has 2 aromatic carbocycles. The smallest absolute Gasteiger partial charge is 0.251 e. The highest BCUT2D eigenvalue weighted by Gasteiger charge is 2.56. The first-order valence-corrected chi connectivity index (χ1v) is 12.6. The van der Waals surface area contributed by atoms with E-state index in [4.69, 9.17) is 0 Å². The number of amides is 2. The summed E-state index contributed by atoms with van der Waals surface area (Å²) in [6.45, 7) is 0. The summed E-state index contributed by atoms with van der Waals surface area (Å²) in [5, 5.41) is 3.14. The van der Waals surface area contributed by atoms with Gasteiger partial charge in [0.1, 0.15) is 0 Å². The van der Waals surface area contributed by atoms with Gasteiger partial charge in [-0.3, -0.25) is 14.5 Å². The Labute approximate surface area is 195 Å². The van der Waals surface area contributed by atoms with E-state index in [1.807, 2.05) is 36.4 Å². The Morgan fingerprint density at radius 1 is 1.06 bits per heavy atom. The van der Waals surface area contributed by atoms with Gasteiger partial charge in [-0.2, -0.15) is 0 Å². The van der Waals surface area contributed by atoms with E-state index in [-0.39, 0.29) is 29.2 Å². The maximum absolute atomic E-state index is 13.5. The molecule has 2 amide bonds. The van der Waals surface area contributed by atoms with Crippen LogP contribution in [0.15, 0.2) is 65.6 Å². The van der Waals surface area contributed by atoms with E-state index in [0.29, 0.717) is 5.69 Å². The van der Waals surface area contributed by atoms with Gasteiger partial charge in [-0.25, -0.2) is 12.7 Å². The fraction of sp³-hybridized carbons (Fsp3) is 0.360. The zero-order chi connectivity index (χ0) is 23.6. The number of sulfonamides is 1. The molecular formula is C25H29N3O4S. The Morgan fingerprint density at radius 3 is 2.27 bits per heavy atom. The average Bonchev–Trinajstić information content (AvgIpc) is 3.30. The van der Waals surface area contributed by atoms with Gasteiger partial charge in [0.25, 0.3) is 5.91 Å². The normalized spacial score (nSPS) is 21.5. The van der Waals surface area contributed by atoms with Crippen LogP contribution in [0.25, 0.3) is 6.08 Å². The molecule has 2 aliphatic rings. The van der Waals surface area contributed by atoms with E-state index in [1.165, 1.54) is 31.1 Å². The molecular weight excluding hydrogens is 438 g/mol. The first-order chi connectivity index (χ1) is 15.7. The molecule has 1 heterocycles. The van der Waals surface area contributed by atoms with Crippen molar-refractivity contribution in [1.29, 1.82) is 0 Å². The average molecular weight is 468 g/mol. The summed E-state index contributed by atoms with van der Waals surface area (Å²) in [6, 6.07) is 15.8. The second-order valence-corrected chi connectivity index (χ2v) is 11.0. The monoisotopic (exact) mass is 467 g/mol. The molecule has 1 saturated carbocycles. The van der Waals surface area contributed by atoms with Crippen molar-refractivity contribution in [3.63, 3.8) is 0 Å². The molecule has 7 nitrogen and oxygen atoms in total. The minimum atomic E-state index is -3.59. The third-order valence-corrected chi connectivity index (χ3v) is 8.21. The first-order valence-electron chi connectivity index (χ1n) is 11.1. The van der Waals surface area contributed by atoms with Crippen LogP contribution in [0, 0.1) is 0 Å². The van der Waals surface area contributed by atoms with Gasteiger partial charge in [-0.1, -0.05) is 49.2 Å². The molecule has 2 fully saturated rings. The van der Waals surface area contributed by atoms with E-state index in [2.05, 4.69) is 5.32 Å². The van der Waals surface area contributed by atoms with E-state index in [9.17, 15) is 18.0 Å². The van der Waals surface area contributed by atoms with E-state index < -0.39 is 15.6 Å². The van der Waals surface area contributed by atoms with Gasteiger partial charge in [-0.05, 0) is 48.7 Å². The van der Waals surface area contributed by atoms with Crippen LogP contribution in [0.1, 0.15) is 37.7 Å². The predicted molar refractivity (Wildman–Crippen MR) is 128 cm³/mol. The quantitative estimate of drug-likeness (QED) is 0.634. The second-order valence-electron chi connectivity index (χ2n) is 8.81. The molecule has 174 valence electrons. The summed E-state index contributed by atoms with van der Waals surface area (Å²) >= 11 is 0. The predicted octanol–water partition coefficient (Wildman–Crippen LogP) is 3.18. The first kappa shape index (κ1) is 23.2. The summed E-state index contributed by atoms with van der Waals surface area (Å²) in [7, 11) is -0.658. The number of carbonyl (C=O) groups excluding carboxylic acids is 2. The summed E-state index contributed by atoms with van der Waals surface area (Å²) in [5.41, 5.74) is 0.262. The third kappa shape index (κ3) is 4.45. The molecule has 2 aromatic rings. The van der Waals surface area contributed by atoms with Crippen LogP contribution >= 0.6 is 0 Å². The van der Waals surface area contributed by atoms with Crippen molar-refractivity contribution in [3.8, 4) is 0 Å². The maximum Gasteiger partial charge on any atom is 0.251 e. The lowest BCUT2D eigenvalue weighted by molar-refractivity contribution is -0.137. The Hall–Kier alpha value is -2.97. The van der Waals surface area contributed by atoms with E-state index >= 15 is 0 Å². The van der Waals surface area contributed by atoms with E-state index in [0.717, 1.165) is 35.6 Å². The van der Waals surface area contributed by atoms with Crippen molar-refractivity contribution >= 4 is 33.6 Å². The summed E-state index contributed by atoms with van der Waals surface area (Å²) in [6.07, 6.45) is 7.76. The van der Waals surface area contributed by atoms with Crippen LogP contribution in [0.4, 0.5) is 5.69 Å². The molecule has 0 spiro atoms. The molecule has 0 radical (unpaired) electrons. The summed E-state index contributed by atoms with van der Waals surface area (Å²) in [4.78, 5) is 27.9. The number of β-lactam (4-membered cyclic amide) rings is 1. The molecule has 0 bridgehead atoms. The maximum atomic E-state index is 13.5. The Kier molecular flexibility index (Phi) is 6.41. The van der Waals surface area contributed by atoms with Crippen LogP contribution < -0.4 is 10.2 Å². The number of carbonyl (C=O) groups is 2. The van der Waals surface area contributed by atoms with Gasteiger partial charge in [0.2, 0.25) is 15.9 Å². The topological polar surface area (TPSA) is 86.8 Å². The van der Waals surface area contributed by atoms with Crippen molar-refractivity contribution in [2.45, 2.75) is 48.6 Å². The lowest BCUT2D eigenvalue weighted by Crippen LogP contribution is -2.70. The highest BCUT2D eigenvalue weighted by Crippen LogP contribution is 2.40. The lowest BCUT2D eigenvalue weighted by Gasteiger charge is -2.49. The number of nitrogens with one attached hydrogen (secondary N) is 1. The van der Waals surface area contributed by atoms with Crippen LogP contribution in [-0.2, 0) is 19.6 Å². The van der Waals surface area contributed by atoms with Gasteiger partial charge >= 0.3 is 0 Å². The van der Waals surface area contributed by atoms with Crippen molar-refractivity contribution < 1.29 is 18.0 Å². The molecule has 1 aliphatic heterocycles. The fourth-order valence-corrected chi connectivity index (χ4v) is 5.34. The van der Waals surface area contributed by atoms with Gasteiger partial charge in [0.05, 0.1) is 11.3 Å². The molecule has 1 atom stereocenters. The molecule has 4 rings (SSSR count). The van der Waals surface area contributed by atoms with Crippen molar-refractivity contribution in [2.75, 3.05) is 19.0 Å². The molecule has 33 heavy (non-hydrogen) atoms. The molecule has 1 aliphatic carbocycles. The number of rotatable bonds is 7. The molecule has 0 aromatic heterocycles. The Morgan fingerprint density at radius 2 is 1.70 bits per heavy atom. The van der Waals surface area contributed by atoms with Crippen molar-refractivity contribution in [2.24, 2.45) is 0 Å². The zero-order valence-corrected chi connectivity index (χ0v) is 19.7. The standard InChI is InChI=1S/C25H29N3O4S/c1-27(2)33(31,32)22-14-12-21(13-15-22)28-23(29)18-25(28,17-16-19-8-4-3-5-9-19)24(30)26-20-10-6-7-11-20/h3-5,8-9,12-17,20H,6-7,10-11,18H2,1-2H3,(H,26,30)/b17-16+/t25-/m1/s1. The Balaban J connectivity index is 1.69. The van der Waals surface area contributed by atoms with E-state index in [1.54, 1.807) is 18.2 Å². The number of nitrogens with zero attached hydrogens (tertiary/aromatic N) is 2. The van der Waals surface area contributed by atoms with Gasteiger partial charge in [0.15, 0.2) is 5.54 Å². The minimum absolute atomic E-state index is 0.0621. The van der Waals surface area contributed by atoms with Crippen molar-refractivity contribution in [1.82, 2.24) is 9.62 Å². The summed E-state index contributed by atoms with van der Waals surface area (Å²) in [5.74, 6) is -0.385. The zero-order valence-electron chi connectivity index (χ0n) is 18.9. The molecule has 1 N–H and O–H groups in total. The third-order valence-electron chi connectivity index (χ3n) is 6.38. The van der Waals surface area contributed by atoms with Crippen LogP contribution in [-0.4, -0.2) is 50.2 Å². The summed E-state index contributed by atoms with van der Waals surface area (Å²) < 4.78 is 26.0. The largest absolute Gasteiger partial charge is 0.351 e. The SMILES string of the molecule is CN(C)S(=O)(=O)c1ccc(N2C(=O)C[C@]2(/C=C/c2ccccc2)C(=O)NC2CCCC2)cc1. The van der Waals surface area contributed by atoms with Gasteiger partial charge < -0.3 is 5.32 Å². The van der Waals surface area contributed by atoms with Crippen LogP contribution in [0.5, 0.6) is 0 Å². The number of hydrogen-bond donors (Lipinski definition) is 1. The van der Waals surface area contributed by atoms with Gasteiger partial charge in [-0.15, -0.1) is 0 Å². The molecule has 0 unspecified atom stereocenters. The van der Waals surface area contributed by atoms with Gasteiger partial charge in [0, 0.05) is 25.8 Å². The fourth-order valence-electron chi connectivity index (χ4n) is 4.44. The highest BCUT2D eigenvalue weighted by molar-refractivity contribution is 7.89. The van der Waals surface area contributed by atoms with Crippen LogP contribution in [0.2, 0.25) is 0 Å². The molecule has 8 heteroatoms. The lowest BCUT2D eigenvalue weighted by atomic mass is 9.80. The Bertz CT molecular complexity index is 1150. The van der Waals surface area contributed by atoms with Crippen LogP contribution in [0.3, 0.4) is 0 Å². The number of benzene rings is 2. The highest BCUT2D eigenvalue weighted by atomic mass is 32.2. The molecule has 1 saturated heterocycles. The number of hydrogen-bond acceptors (Lipinski definition) is 4. The number of anilines is 1. The second kappa shape index (κ2) is 9.11. The minimum Gasteiger partial charge on any atom is -0.351 e.